The van der Waals surface area contributed by atoms with Crippen LogP contribution in [0.3, 0.4) is 0 Å². The van der Waals surface area contributed by atoms with Crippen molar-refractivity contribution in [3.05, 3.63) is 95.3 Å². The summed E-state index contributed by atoms with van der Waals surface area (Å²) in [5, 5.41) is 12.2. The van der Waals surface area contributed by atoms with Crippen molar-refractivity contribution in [3.8, 4) is 0 Å². The first-order chi connectivity index (χ1) is 13.5. The summed E-state index contributed by atoms with van der Waals surface area (Å²) in [6.07, 6.45) is 0. The largest absolute Gasteiger partial charge is 0.478 e. The summed E-state index contributed by atoms with van der Waals surface area (Å²) in [6, 6.07) is 19.9. The average Bonchev–Trinajstić information content (AvgIpc) is 2.69. The van der Waals surface area contributed by atoms with Gasteiger partial charge in [-0.3, -0.25) is 4.79 Å². The van der Waals surface area contributed by atoms with E-state index in [1.54, 1.807) is 25.2 Å². The predicted octanol–water partition coefficient (Wildman–Crippen LogP) is 4.41. The van der Waals surface area contributed by atoms with E-state index in [4.69, 9.17) is 0 Å². The van der Waals surface area contributed by atoms with Crippen LogP contribution < -0.4 is 10.2 Å². The van der Waals surface area contributed by atoms with Crippen LogP contribution in [0.2, 0.25) is 0 Å². The molecule has 3 rings (SSSR count). The van der Waals surface area contributed by atoms with Crippen molar-refractivity contribution in [1.82, 2.24) is 0 Å². The van der Waals surface area contributed by atoms with Crippen molar-refractivity contribution in [2.24, 2.45) is 0 Å². The Morgan fingerprint density at radius 1 is 0.964 bits per heavy atom. The van der Waals surface area contributed by atoms with E-state index in [1.165, 1.54) is 24.3 Å². The van der Waals surface area contributed by atoms with Crippen LogP contribution in [0.4, 0.5) is 15.8 Å². The highest BCUT2D eigenvalue weighted by molar-refractivity contribution is 6.05. The smallest absolute Gasteiger partial charge is 0.337 e. The van der Waals surface area contributed by atoms with Gasteiger partial charge in [-0.2, -0.15) is 0 Å². The van der Waals surface area contributed by atoms with Crippen LogP contribution in [0.1, 0.15) is 26.3 Å². The minimum absolute atomic E-state index is 0.0461. The zero-order valence-electron chi connectivity index (χ0n) is 15.2. The van der Waals surface area contributed by atoms with Gasteiger partial charge in [-0.1, -0.05) is 42.5 Å². The quantitative estimate of drug-likeness (QED) is 0.667. The van der Waals surface area contributed by atoms with Gasteiger partial charge in [0.1, 0.15) is 5.82 Å². The van der Waals surface area contributed by atoms with Crippen molar-refractivity contribution in [3.63, 3.8) is 0 Å². The van der Waals surface area contributed by atoms with Crippen molar-refractivity contribution in [2.75, 3.05) is 17.3 Å². The Bertz CT molecular complexity index is 1010. The van der Waals surface area contributed by atoms with Crippen LogP contribution >= 0.6 is 0 Å². The van der Waals surface area contributed by atoms with Crippen LogP contribution in [0, 0.1) is 5.82 Å². The number of halogens is 1. The first-order valence-corrected chi connectivity index (χ1v) is 8.64. The zero-order valence-corrected chi connectivity index (χ0v) is 15.2. The van der Waals surface area contributed by atoms with Gasteiger partial charge in [0.2, 0.25) is 0 Å². The second-order valence-corrected chi connectivity index (χ2v) is 6.31. The molecule has 0 atom stereocenters. The summed E-state index contributed by atoms with van der Waals surface area (Å²) in [4.78, 5) is 25.8. The number of carbonyl (C=O) groups excluding carboxylic acids is 1. The molecule has 2 N–H and O–H groups in total. The minimum Gasteiger partial charge on any atom is -0.478 e. The Kier molecular flexibility index (Phi) is 5.69. The Labute approximate surface area is 162 Å². The van der Waals surface area contributed by atoms with Gasteiger partial charge in [-0.25, -0.2) is 9.18 Å². The van der Waals surface area contributed by atoms with Gasteiger partial charge >= 0.3 is 5.97 Å². The molecule has 5 nitrogen and oxygen atoms in total. The van der Waals surface area contributed by atoms with Gasteiger partial charge in [0.15, 0.2) is 0 Å². The monoisotopic (exact) mass is 378 g/mol. The van der Waals surface area contributed by atoms with E-state index in [1.807, 2.05) is 35.2 Å². The molecular weight excluding hydrogens is 359 g/mol. The van der Waals surface area contributed by atoms with Crippen LogP contribution in [0.25, 0.3) is 0 Å². The molecule has 142 valence electrons. The Morgan fingerprint density at radius 3 is 2.32 bits per heavy atom. The average molecular weight is 378 g/mol. The molecule has 0 aliphatic heterocycles. The van der Waals surface area contributed by atoms with Gasteiger partial charge in [0, 0.05) is 19.3 Å². The number of nitrogens with one attached hydrogen (secondary N) is 1. The van der Waals surface area contributed by atoms with E-state index in [-0.39, 0.29) is 16.8 Å². The predicted molar refractivity (Wildman–Crippen MR) is 106 cm³/mol. The van der Waals surface area contributed by atoms with E-state index in [2.05, 4.69) is 5.32 Å². The van der Waals surface area contributed by atoms with Crippen molar-refractivity contribution in [2.45, 2.75) is 6.54 Å². The summed E-state index contributed by atoms with van der Waals surface area (Å²) in [7, 11) is 1.80. The Morgan fingerprint density at radius 2 is 1.64 bits per heavy atom. The van der Waals surface area contributed by atoms with E-state index < -0.39 is 17.7 Å². The molecule has 0 heterocycles. The molecule has 0 spiro atoms. The van der Waals surface area contributed by atoms with Crippen molar-refractivity contribution >= 4 is 23.3 Å². The number of carbonyl (C=O) groups is 2. The lowest BCUT2D eigenvalue weighted by Crippen LogP contribution is -2.20. The molecule has 0 aliphatic rings. The van der Waals surface area contributed by atoms with Crippen LogP contribution in [0.15, 0.2) is 72.8 Å². The number of amides is 1. The number of benzene rings is 3. The molecule has 0 saturated carbocycles. The number of rotatable bonds is 6. The third-order valence-corrected chi connectivity index (χ3v) is 4.28. The Balaban J connectivity index is 1.84. The maximum absolute atomic E-state index is 13.8. The third-order valence-electron chi connectivity index (χ3n) is 4.28. The molecule has 0 aromatic heterocycles. The van der Waals surface area contributed by atoms with E-state index in [0.717, 1.165) is 5.56 Å². The number of carboxylic acid groups (broad SMARTS) is 1. The number of hydrogen-bond acceptors (Lipinski definition) is 3. The lowest BCUT2D eigenvalue weighted by Gasteiger charge is -2.22. The maximum atomic E-state index is 13.8. The zero-order chi connectivity index (χ0) is 20.1. The second-order valence-electron chi connectivity index (χ2n) is 6.31. The Hall–Kier alpha value is -3.67. The summed E-state index contributed by atoms with van der Waals surface area (Å²) in [5.74, 6) is -2.39. The van der Waals surface area contributed by atoms with Crippen molar-refractivity contribution < 1.29 is 19.1 Å². The number of carboxylic acids is 1. The second kappa shape index (κ2) is 8.35. The van der Waals surface area contributed by atoms with Gasteiger partial charge < -0.3 is 15.3 Å². The molecule has 0 saturated heterocycles. The molecule has 3 aromatic carbocycles. The topological polar surface area (TPSA) is 69.6 Å². The van der Waals surface area contributed by atoms with Gasteiger partial charge in [-0.05, 0) is 35.9 Å². The number of nitrogens with zero attached hydrogens (tertiary/aromatic N) is 1. The summed E-state index contributed by atoms with van der Waals surface area (Å²) in [5.41, 5.74) is 1.77. The SMILES string of the molecule is CN(Cc1ccccc1)c1ccc(NC(=O)c2ccccc2F)cc1C(=O)O. The molecule has 1 amide bonds. The van der Waals surface area contributed by atoms with E-state index >= 15 is 0 Å². The molecular formula is C22H19FN2O3. The van der Waals surface area contributed by atoms with Gasteiger partial charge in [-0.15, -0.1) is 0 Å². The molecule has 3 aromatic rings. The van der Waals surface area contributed by atoms with Crippen LogP contribution in [-0.4, -0.2) is 24.0 Å². The standard InChI is InChI=1S/C22H19FN2O3/c1-25(14-15-7-3-2-4-8-15)20-12-11-16(13-18(20)22(27)28)24-21(26)17-9-5-6-10-19(17)23/h2-13H,14H2,1H3,(H,24,26)(H,27,28). The fourth-order valence-corrected chi connectivity index (χ4v) is 2.90. The van der Waals surface area contributed by atoms with E-state index in [9.17, 15) is 19.1 Å². The normalized spacial score (nSPS) is 10.4. The molecule has 0 bridgehead atoms. The minimum atomic E-state index is -1.11. The molecule has 28 heavy (non-hydrogen) atoms. The van der Waals surface area contributed by atoms with Crippen LogP contribution in [0.5, 0.6) is 0 Å². The maximum Gasteiger partial charge on any atom is 0.337 e. The summed E-state index contributed by atoms with van der Waals surface area (Å²) in [6.45, 7) is 0.530. The van der Waals surface area contributed by atoms with Gasteiger partial charge in [0.25, 0.3) is 5.91 Å². The fraction of sp³-hybridized carbons (Fsp3) is 0.0909. The lowest BCUT2D eigenvalue weighted by atomic mass is 10.1. The highest BCUT2D eigenvalue weighted by atomic mass is 19.1. The van der Waals surface area contributed by atoms with E-state index in [0.29, 0.717) is 12.2 Å². The first kappa shape index (κ1) is 19.1. The summed E-state index contributed by atoms with van der Waals surface area (Å²) >= 11 is 0. The van der Waals surface area contributed by atoms with Gasteiger partial charge in [0.05, 0.1) is 16.8 Å². The summed E-state index contributed by atoms with van der Waals surface area (Å²) < 4.78 is 13.8. The van der Waals surface area contributed by atoms with Crippen LogP contribution in [-0.2, 0) is 6.54 Å². The molecule has 0 aliphatic carbocycles. The van der Waals surface area contributed by atoms with Crippen molar-refractivity contribution in [1.29, 1.82) is 0 Å². The number of aromatic carboxylic acids is 1. The highest BCUT2D eigenvalue weighted by Gasteiger charge is 2.17. The lowest BCUT2D eigenvalue weighted by molar-refractivity contribution is 0.0697. The molecule has 0 radical (unpaired) electrons. The highest BCUT2D eigenvalue weighted by Crippen LogP contribution is 2.25. The first-order valence-electron chi connectivity index (χ1n) is 8.64. The molecule has 6 heteroatoms. The number of hydrogen-bond donors (Lipinski definition) is 2. The third kappa shape index (κ3) is 4.35. The molecule has 0 fully saturated rings. The molecule has 0 unspecified atom stereocenters. The fourth-order valence-electron chi connectivity index (χ4n) is 2.90. The number of anilines is 2.